The zero-order valence-electron chi connectivity index (χ0n) is 14.3. The minimum absolute atomic E-state index is 0.172. The minimum atomic E-state index is -0.802. The largest absolute Gasteiger partial charge is 0.481 e. The number of thiazole rings is 2. The number of carbonyl (C=O) groups is 3. The molecule has 3 heterocycles. The first kappa shape index (κ1) is 18.5. The van der Waals surface area contributed by atoms with Crippen LogP contribution >= 0.6 is 22.7 Å². The first-order chi connectivity index (χ1) is 12.3. The highest BCUT2D eigenvalue weighted by Crippen LogP contribution is 2.33. The molecule has 1 saturated heterocycles. The number of carbonyl (C=O) groups excluding carboxylic acids is 2. The van der Waals surface area contributed by atoms with E-state index in [2.05, 4.69) is 15.3 Å². The van der Waals surface area contributed by atoms with Crippen LogP contribution in [0.1, 0.15) is 35.3 Å². The standard InChI is InChI=1S/C16H18N4O4S2/c1-8-12(26-16(17-8)18-9(2)21)11-7-25-13(19-11)14(22)20-5-3-10(4-6-20)15(23)24/h7,10H,3-6H2,1-2H3,(H,23,24)(H,17,18,21). The van der Waals surface area contributed by atoms with E-state index >= 15 is 0 Å². The van der Waals surface area contributed by atoms with Gasteiger partial charge in [-0.1, -0.05) is 11.3 Å². The van der Waals surface area contributed by atoms with Crippen molar-refractivity contribution >= 4 is 45.6 Å². The van der Waals surface area contributed by atoms with Crippen LogP contribution in [0.25, 0.3) is 10.6 Å². The summed E-state index contributed by atoms with van der Waals surface area (Å²) in [7, 11) is 0. The molecule has 2 aromatic heterocycles. The van der Waals surface area contributed by atoms with Crippen molar-refractivity contribution in [2.45, 2.75) is 26.7 Å². The van der Waals surface area contributed by atoms with Gasteiger partial charge in [0, 0.05) is 25.4 Å². The predicted molar refractivity (Wildman–Crippen MR) is 98.5 cm³/mol. The van der Waals surface area contributed by atoms with Gasteiger partial charge in [-0.2, -0.15) is 0 Å². The Morgan fingerprint density at radius 1 is 1.27 bits per heavy atom. The number of aliphatic carboxylic acids is 1. The van der Waals surface area contributed by atoms with Gasteiger partial charge in [-0.05, 0) is 19.8 Å². The number of hydrogen-bond acceptors (Lipinski definition) is 7. The molecule has 2 N–H and O–H groups in total. The summed E-state index contributed by atoms with van der Waals surface area (Å²) in [5.41, 5.74) is 1.40. The third kappa shape index (κ3) is 3.91. The molecule has 3 rings (SSSR count). The van der Waals surface area contributed by atoms with Crippen LogP contribution in [0, 0.1) is 12.8 Å². The molecular formula is C16H18N4O4S2. The Balaban J connectivity index is 1.72. The van der Waals surface area contributed by atoms with Gasteiger partial charge in [0.1, 0.15) is 0 Å². The number of likely N-dealkylation sites (tertiary alicyclic amines) is 1. The molecule has 1 aliphatic rings. The number of rotatable bonds is 4. The number of aryl methyl sites for hydroxylation is 1. The first-order valence-corrected chi connectivity index (χ1v) is 9.77. The Morgan fingerprint density at radius 3 is 2.58 bits per heavy atom. The zero-order chi connectivity index (χ0) is 18.8. The van der Waals surface area contributed by atoms with Crippen LogP contribution in [0.3, 0.4) is 0 Å². The topological polar surface area (TPSA) is 112 Å². The molecular weight excluding hydrogens is 376 g/mol. The Kier molecular flexibility index (Phi) is 5.33. The van der Waals surface area contributed by atoms with Gasteiger partial charge >= 0.3 is 5.97 Å². The number of aromatic nitrogens is 2. The normalized spacial score (nSPS) is 15.1. The molecule has 26 heavy (non-hydrogen) atoms. The summed E-state index contributed by atoms with van der Waals surface area (Å²) in [6.45, 7) is 4.10. The average molecular weight is 394 g/mol. The van der Waals surface area contributed by atoms with Crippen molar-refractivity contribution in [2.75, 3.05) is 18.4 Å². The van der Waals surface area contributed by atoms with E-state index in [0.717, 1.165) is 10.6 Å². The van der Waals surface area contributed by atoms with Crippen LogP contribution in [0.2, 0.25) is 0 Å². The summed E-state index contributed by atoms with van der Waals surface area (Å²) in [6, 6.07) is 0. The lowest BCUT2D eigenvalue weighted by atomic mass is 9.97. The number of anilines is 1. The van der Waals surface area contributed by atoms with Crippen LogP contribution in [0.4, 0.5) is 5.13 Å². The molecule has 0 spiro atoms. The van der Waals surface area contributed by atoms with Gasteiger partial charge in [0.25, 0.3) is 5.91 Å². The second-order valence-electron chi connectivity index (χ2n) is 6.06. The summed E-state index contributed by atoms with van der Waals surface area (Å²) in [5.74, 6) is -1.54. The van der Waals surface area contributed by atoms with Crippen molar-refractivity contribution in [3.63, 3.8) is 0 Å². The SMILES string of the molecule is CC(=O)Nc1nc(C)c(-c2csc(C(=O)N3CCC(C(=O)O)CC3)n2)s1. The van der Waals surface area contributed by atoms with Crippen LogP contribution in [0.5, 0.6) is 0 Å². The molecule has 0 unspecified atom stereocenters. The Bertz CT molecular complexity index is 852. The molecule has 8 nitrogen and oxygen atoms in total. The monoisotopic (exact) mass is 394 g/mol. The van der Waals surface area contributed by atoms with Crippen LogP contribution in [-0.2, 0) is 9.59 Å². The van der Waals surface area contributed by atoms with Crippen molar-refractivity contribution in [3.8, 4) is 10.6 Å². The molecule has 138 valence electrons. The summed E-state index contributed by atoms with van der Waals surface area (Å²) in [6.07, 6.45) is 0.931. The van der Waals surface area contributed by atoms with Gasteiger partial charge in [0.2, 0.25) is 5.91 Å². The highest BCUT2D eigenvalue weighted by Gasteiger charge is 2.29. The molecule has 2 amide bonds. The number of hydrogen-bond donors (Lipinski definition) is 2. The summed E-state index contributed by atoms with van der Waals surface area (Å²) < 4.78 is 0. The van der Waals surface area contributed by atoms with Gasteiger partial charge in [-0.25, -0.2) is 9.97 Å². The quantitative estimate of drug-likeness (QED) is 0.824. The second-order valence-corrected chi connectivity index (χ2v) is 7.91. The van der Waals surface area contributed by atoms with E-state index in [0.29, 0.717) is 41.8 Å². The van der Waals surface area contributed by atoms with Crippen LogP contribution in [-0.4, -0.2) is 50.8 Å². The molecule has 0 atom stereocenters. The maximum absolute atomic E-state index is 12.6. The average Bonchev–Trinajstić information content (AvgIpc) is 3.20. The van der Waals surface area contributed by atoms with Crippen LogP contribution < -0.4 is 5.32 Å². The van der Waals surface area contributed by atoms with E-state index in [1.807, 2.05) is 6.92 Å². The van der Waals surface area contributed by atoms with E-state index in [1.54, 1.807) is 10.3 Å². The second kappa shape index (κ2) is 7.50. The molecule has 0 aromatic carbocycles. The highest BCUT2D eigenvalue weighted by atomic mass is 32.1. The van der Waals surface area contributed by atoms with Gasteiger partial charge in [0.05, 0.1) is 22.2 Å². The maximum Gasteiger partial charge on any atom is 0.306 e. The van der Waals surface area contributed by atoms with Crippen molar-refractivity contribution < 1.29 is 19.5 Å². The minimum Gasteiger partial charge on any atom is -0.481 e. The third-order valence-corrected chi connectivity index (χ3v) is 6.06. The maximum atomic E-state index is 12.6. The Labute approximate surface area is 157 Å². The molecule has 0 aliphatic carbocycles. The molecule has 1 fully saturated rings. The number of carboxylic acids is 1. The van der Waals surface area contributed by atoms with E-state index < -0.39 is 5.97 Å². The number of piperidine rings is 1. The molecule has 0 saturated carbocycles. The van der Waals surface area contributed by atoms with Crippen molar-refractivity contribution in [1.82, 2.24) is 14.9 Å². The fraction of sp³-hybridized carbons (Fsp3) is 0.438. The van der Waals surface area contributed by atoms with Crippen molar-refractivity contribution in [2.24, 2.45) is 5.92 Å². The fourth-order valence-corrected chi connectivity index (χ4v) is 4.60. The lowest BCUT2D eigenvalue weighted by molar-refractivity contribution is -0.143. The molecule has 2 aromatic rings. The van der Waals surface area contributed by atoms with Crippen molar-refractivity contribution in [3.05, 3.63) is 16.1 Å². The third-order valence-electron chi connectivity index (χ3n) is 4.13. The Morgan fingerprint density at radius 2 is 1.96 bits per heavy atom. The lowest BCUT2D eigenvalue weighted by Gasteiger charge is -2.29. The van der Waals surface area contributed by atoms with Crippen molar-refractivity contribution in [1.29, 1.82) is 0 Å². The van der Waals surface area contributed by atoms with E-state index in [1.165, 1.54) is 29.6 Å². The zero-order valence-corrected chi connectivity index (χ0v) is 15.9. The molecule has 0 bridgehead atoms. The van der Waals surface area contributed by atoms with Gasteiger partial charge < -0.3 is 15.3 Å². The fourth-order valence-electron chi connectivity index (χ4n) is 2.78. The number of nitrogens with zero attached hydrogens (tertiary/aromatic N) is 3. The molecule has 10 heteroatoms. The smallest absolute Gasteiger partial charge is 0.306 e. The van der Waals surface area contributed by atoms with Crippen LogP contribution in [0.15, 0.2) is 5.38 Å². The van der Waals surface area contributed by atoms with Gasteiger partial charge in [-0.3, -0.25) is 14.4 Å². The first-order valence-electron chi connectivity index (χ1n) is 8.08. The Hall–Kier alpha value is -2.33. The summed E-state index contributed by atoms with van der Waals surface area (Å²) in [4.78, 5) is 46.0. The molecule has 1 aliphatic heterocycles. The molecule has 0 radical (unpaired) electrons. The van der Waals surface area contributed by atoms with Gasteiger partial charge in [0.15, 0.2) is 10.1 Å². The van der Waals surface area contributed by atoms with E-state index in [4.69, 9.17) is 5.11 Å². The summed E-state index contributed by atoms with van der Waals surface area (Å²) in [5, 5.41) is 14.4. The number of amides is 2. The number of nitrogens with one attached hydrogen (secondary N) is 1. The van der Waals surface area contributed by atoms with E-state index in [9.17, 15) is 14.4 Å². The van der Waals surface area contributed by atoms with E-state index in [-0.39, 0.29) is 17.7 Å². The van der Waals surface area contributed by atoms with Gasteiger partial charge in [-0.15, -0.1) is 11.3 Å². The predicted octanol–water partition coefficient (Wildman–Crippen LogP) is 2.47. The lowest BCUT2D eigenvalue weighted by Crippen LogP contribution is -2.40. The summed E-state index contributed by atoms with van der Waals surface area (Å²) >= 11 is 2.57. The number of carboxylic acid groups (broad SMARTS) is 1. The highest BCUT2D eigenvalue weighted by molar-refractivity contribution is 7.19.